The first-order valence-electron chi connectivity index (χ1n) is 9.57. The zero-order chi connectivity index (χ0) is 20.2. The van der Waals surface area contributed by atoms with Gasteiger partial charge in [0.15, 0.2) is 5.65 Å². The van der Waals surface area contributed by atoms with Crippen LogP contribution >= 0.6 is 0 Å². The molecule has 4 rings (SSSR count). The highest BCUT2D eigenvalue weighted by atomic mass is 16.1. The van der Waals surface area contributed by atoms with E-state index in [1.807, 2.05) is 38.4 Å². The Morgan fingerprint density at radius 2 is 1.97 bits per heavy atom. The third-order valence-electron chi connectivity index (χ3n) is 4.66. The van der Waals surface area contributed by atoms with Crippen LogP contribution in [0.1, 0.15) is 29.9 Å². The molecular formula is C22H27N7O. The van der Waals surface area contributed by atoms with Crippen LogP contribution in [-0.4, -0.2) is 63.0 Å². The summed E-state index contributed by atoms with van der Waals surface area (Å²) >= 11 is 0. The van der Waals surface area contributed by atoms with Gasteiger partial charge in [0.1, 0.15) is 11.2 Å². The van der Waals surface area contributed by atoms with E-state index in [1.165, 1.54) is 0 Å². The van der Waals surface area contributed by atoms with Crippen LogP contribution in [0.15, 0.2) is 48.7 Å². The Bertz CT molecular complexity index is 1150. The number of carbonyl (C=O) groups excluding carboxylic acids is 1. The Morgan fingerprint density at radius 3 is 2.80 bits per heavy atom. The summed E-state index contributed by atoms with van der Waals surface area (Å²) in [6, 6.07) is 13.5. The minimum atomic E-state index is -0.185. The van der Waals surface area contributed by atoms with E-state index in [-0.39, 0.29) is 13.3 Å². The van der Waals surface area contributed by atoms with E-state index in [9.17, 15) is 4.79 Å². The number of benzene rings is 1. The Morgan fingerprint density at radius 1 is 1.13 bits per heavy atom. The Kier molecular flexibility index (Phi) is 6.68. The van der Waals surface area contributed by atoms with E-state index in [1.54, 1.807) is 23.0 Å². The SMILES string of the molecule is C.CN(C)CCCNC(=O)c1ccc2nnn(Cc3ccc4ncccc4c3)c2n1. The summed E-state index contributed by atoms with van der Waals surface area (Å²) in [4.78, 5) is 23.4. The van der Waals surface area contributed by atoms with Crippen molar-refractivity contribution in [3.05, 3.63) is 59.9 Å². The molecule has 0 aliphatic rings. The standard InChI is InChI=1S/C21H23N7O.CH4/c1-27(2)12-4-11-23-21(29)19-9-8-18-20(24-19)28(26-25-18)14-15-6-7-17-16(13-15)5-3-10-22-17;/h3,5-10,13H,4,11-12,14H2,1-2H3,(H,23,29);1H4. The fraction of sp³-hybridized carbons (Fsp3) is 0.318. The predicted molar refractivity (Wildman–Crippen MR) is 118 cm³/mol. The fourth-order valence-electron chi connectivity index (χ4n) is 3.17. The second-order valence-electron chi connectivity index (χ2n) is 7.23. The summed E-state index contributed by atoms with van der Waals surface area (Å²) in [6.07, 6.45) is 2.67. The lowest BCUT2D eigenvalue weighted by molar-refractivity contribution is 0.0947. The molecule has 8 nitrogen and oxygen atoms in total. The minimum absolute atomic E-state index is 0. The monoisotopic (exact) mass is 405 g/mol. The topological polar surface area (TPSA) is 88.8 Å². The van der Waals surface area contributed by atoms with Crippen molar-refractivity contribution < 1.29 is 4.79 Å². The maximum Gasteiger partial charge on any atom is 0.269 e. The van der Waals surface area contributed by atoms with Gasteiger partial charge in [-0.05, 0) is 63.0 Å². The third-order valence-corrected chi connectivity index (χ3v) is 4.66. The number of carbonyl (C=O) groups is 1. The molecule has 0 spiro atoms. The molecule has 3 aromatic heterocycles. The maximum atomic E-state index is 12.4. The number of hydrogen-bond donors (Lipinski definition) is 1. The summed E-state index contributed by atoms with van der Waals surface area (Å²) in [5, 5.41) is 12.4. The lowest BCUT2D eigenvalue weighted by Crippen LogP contribution is -2.27. The number of pyridine rings is 2. The van der Waals surface area contributed by atoms with Crippen molar-refractivity contribution in [3.8, 4) is 0 Å². The Hall–Kier alpha value is -3.39. The van der Waals surface area contributed by atoms with Crippen LogP contribution in [-0.2, 0) is 6.54 Å². The van der Waals surface area contributed by atoms with Crippen molar-refractivity contribution in [2.75, 3.05) is 27.2 Å². The number of nitrogens with zero attached hydrogens (tertiary/aromatic N) is 6. The van der Waals surface area contributed by atoms with E-state index in [2.05, 4.69) is 36.6 Å². The molecule has 0 aliphatic carbocycles. The number of aromatic nitrogens is 5. The van der Waals surface area contributed by atoms with E-state index >= 15 is 0 Å². The number of rotatable bonds is 7. The van der Waals surface area contributed by atoms with Crippen molar-refractivity contribution in [2.45, 2.75) is 20.4 Å². The number of hydrogen-bond acceptors (Lipinski definition) is 6. The van der Waals surface area contributed by atoms with Crippen molar-refractivity contribution in [3.63, 3.8) is 0 Å². The van der Waals surface area contributed by atoms with Gasteiger partial charge in [-0.1, -0.05) is 24.8 Å². The number of amides is 1. The molecule has 0 saturated carbocycles. The highest BCUT2D eigenvalue weighted by Gasteiger charge is 2.12. The van der Waals surface area contributed by atoms with Gasteiger partial charge in [0, 0.05) is 18.1 Å². The Labute approximate surface area is 175 Å². The lowest BCUT2D eigenvalue weighted by Gasteiger charge is -2.09. The summed E-state index contributed by atoms with van der Waals surface area (Å²) in [5.74, 6) is -0.185. The molecule has 0 unspecified atom stereocenters. The van der Waals surface area contributed by atoms with Gasteiger partial charge in [-0.2, -0.15) is 0 Å². The second kappa shape index (κ2) is 9.41. The van der Waals surface area contributed by atoms with Crippen LogP contribution in [0.2, 0.25) is 0 Å². The maximum absolute atomic E-state index is 12.4. The largest absolute Gasteiger partial charge is 0.351 e. The molecule has 8 heteroatoms. The molecule has 30 heavy (non-hydrogen) atoms. The normalized spacial score (nSPS) is 11.0. The van der Waals surface area contributed by atoms with Gasteiger partial charge in [0.05, 0.1) is 12.1 Å². The molecule has 156 valence electrons. The Balaban J connectivity index is 0.00000256. The molecule has 0 saturated heterocycles. The predicted octanol–water partition coefficient (Wildman–Crippen LogP) is 2.74. The number of fused-ring (bicyclic) bond motifs is 2. The zero-order valence-electron chi connectivity index (χ0n) is 16.5. The summed E-state index contributed by atoms with van der Waals surface area (Å²) in [6.45, 7) is 2.05. The molecule has 3 heterocycles. The summed E-state index contributed by atoms with van der Waals surface area (Å²) in [5.41, 5.74) is 3.64. The first-order chi connectivity index (χ1) is 14.1. The average molecular weight is 406 g/mol. The zero-order valence-corrected chi connectivity index (χ0v) is 16.5. The molecule has 0 aliphatic heterocycles. The van der Waals surface area contributed by atoms with E-state index in [0.717, 1.165) is 29.4 Å². The molecule has 0 bridgehead atoms. The van der Waals surface area contributed by atoms with Crippen LogP contribution in [0.3, 0.4) is 0 Å². The van der Waals surface area contributed by atoms with Crippen molar-refractivity contribution in [2.24, 2.45) is 0 Å². The molecule has 0 atom stereocenters. The van der Waals surface area contributed by atoms with Crippen LogP contribution < -0.4 is 5.32 Å². The van der Waals surface area contributed by atoms with Gasteiger partial charge in [0.2, 0.25) is 0 Å². The molecule has 1 amide bonds. The van der Waals surface area contributed by atoms with Gasteiger partial charge >= 0.3 is 0 Å². The smallest absolute Gasteiger partial charge is 0.269 e. The minimum Gasteiger partial charge on any atom is -0.351 e. The van der Waals surface area contributed by atoms with Crippen LogP contribution in [0.25, 0.3) is 22.1 Å². The summed E-state index contributed by atoms with van der Waals surface area (Å²) in [7, 11) is 4.02. The lowest BCUT2D eigenvalue weighted by atomic mass is 10.1. The molecule has 4 aromatic rings. The first-order valence-corrected chi connectivity index (χ1v) is 9.57. The van der Waals surface area contributed by atoms with Crippen LogP contribution in [0.4, 0.5) is 0 Å². The molecule has 0 fully saturated rings. The van der Waals surface area contributed by atoms with Crippen LogP contribution in [0, 0.1) is 0 Å². The highest BCUT2D eigenvalue weighted by molar-refractivity contribution is 5.94. The number of nitrogens with one attached hydrogen (secondary N) is 1. The fourth-order valence-corrected chi connectivity index (χ4v) is 3.17. The van der Waals surface area contributed by atoms with Crippen molar-refractivity contribution in [1.29, 1.82) is 0 Å². The average Bonchev–Trinajstić information content (AvgIpc) is 3.13. The quantitative estimate of drug-likeness (QED) is 0.476. The van der Waals surface area contributed by atoms with Crippen molar-refractivity contribution >= 4 is 28.0 Å². The second-order valence-corrected chi connectivity index (χ2v) is 7.23. The third kappa shape index (κ3) is 4.77. The van der Waals surface area contributed by atoms with E-state index < -0.39 is 0 Å². The molecule has 1 aromatic carbocycles. The first kappa shape index (κ1) is 21.3. The van der Waals surface area contributed by atoms with Gasteiger partial charge < -0.3 is 10.2 Å². The van der Waals surface area contributed by atoms with E-state index in [4.69, 9.17) is 0 Å². The molecule has 1 N–H and O–H groups in total. The van der Waals surface area contributed by atoms with E-state index in [0.29, 0.717) is 29.9 Å². The molecular weight excluding hydrogens is 378 g/mol. The van der Waals surface area contributed by atoms with Crippen molar-refractivity contribution in [1.82, 2.24) is 35.2 Å². The van der Waals surface area contributed by atoms with Gasteiger partial charge in [-0.25, -0.2) is 9.67 Å². The van der Waals surface area contributed by atoms with Gasteiger partial charge in [0.25, 0.3) is 5.91 Å². The van der Waals surface area contributed by atoms with Gasteiger partial charge in [-0.15, -0.1) is 5.10 Å². The molecule has 0 radical (unpaired) electrons. The van der Waals surface area contributed by atoms with Gasteiger partial charge in [-0.3, -0.25) is 9.78 Å². The van der Waals surface area contributed by atoms with Crippen LogP contribution in [0.5, 0.6) is 0 Å². The summed E-state index contributed by atoms with van der Waals surface area (Å²) < 4.78 is 1.72. The highest BCUT2D eigenvalue weighted by Crippen LogP contribution is 2.16.